The summed E-state index contributed by atoms with van der Waals surface area (Å²) >= 11 is 1.31. The zero-order chi connectivity index (χ0) is 23.1. The third-order valence-electron chi connectivity index (χ3n) is 4.54. The van der Waals surface area contributed by atoms with E-state index in [1.807, 2.05) is 12.1 Å². The van der Waals surface area contributed by atoms with Crippen molar-refractivity contribution in [2.24, 2.45) is 0 Å². The smallest absolute Gasteiger partial charge is 0.226 e. The largest absolute Gasteiger partial charge is 0.493 e. The monoisotopic (exact) mass is 459 g/mol. The normalized spacial score (nSPS) is 10.5. The van der Waals surface area contributed by atoms with E-state index < -0.39 is 0 Å². The molecule has 0 aliphatic heterocycles. The lowest BCUT2D eigenvalue weighted by atomic mass is 10.1. The van der Waals surface area contributed by atoms with Crippen molar-refractivity contribution in [2.75, 3.05) is 26.6 Å². The first-order valence-corrected chi connectivity index (χ1v) is 10.7. The van der Waals surface area contributed by atoms with Gasteiger partial charge in [-0.2, -0.15) is 0 Å². The number of furan rings is 1. The van der Waals surface area contributed by atoms with Crippen molar-refractivity contribution in [3.8, 4) is 28.7 Å². The van der Waals surface area contributed by atoms with Crippen LogP contribution >= 0.6 is 11.3 Å². The van der Waals surface area contributed by atoms with Gasteiger partial charge in [-0.15, -0.1) is 11.3 Å². The average Bonchev–Trinajstić information content (AvgIpc) is 3.44. The van der Waals surface area contributed by atoms with E-state index in [-0.39, 0.29) is 18.2 Å². The second kappa shape index (κ2) is 10.7. The Morgan fingerprint density at radius 3 is 2.44 bits per heavy atom. The number of nitrogens with zero attached hydrogens (tertiary/aromatic N) is 1. The molecule has 0 aliphatic carbocycles. The van der Waals surface area contributed by atoms with Crippen LogP contribution in [-0.2, 0) is 22.6 Å². The van der Waals surface area contributed by atoms with Crippen molar-refractivity contribution in [2.45, 2.75) is 26.3 Å². The number of methoxy groups -OCH3 is 3. The molecule has 2 aromatic heterocycles. The van der Waals surface area contributed by atoms with E-state index in [0.29, 0.717) is 52.6 Å². The Balaban J connectivity index is 1.58. The average molecular weight is 460 g/mol. The third-order valence-corrected chi connectivity index (χ3v) is 5.30. The Labute approximate surface area is 189 Å². The quantitative estimate of drug-likeness (QED) is 0.476. The van der Waals surface area contributed by atoms with Gasteiger partial charge in [0.25, 0.3) is 0 Å². The molecular formula is C22H25N3O6S. The molecule has 0 radical (unpaired) electrons. The minimum Gasteiger partial charge on any atom is -0.493 e. The number of carbonyl (C=O) groups is 2. The standard InChI is InChI=1S/C22H25N3O6S/c1-13(26)23-11-15-6-7-17(31-15)16-12-32-22(24-16)25-20(27)8-5-14-9-18(28-2)21(30-4)19(10-14)29-3/h6-7,9-10,12H,5,8,11H2,1-4H3,(H,23,26)(H,24,25,27). The first kappa shape index (κ1) is 23.1. The summed E-state index contributed by atoms with van der Waals surface area (Å²) in [4.78, 5) is 27.8. The molecule has 0 spiro atoms. The molecule has 0 saturated heterocycles. The van der Waals surface area contributed by atoms with Gasteiger partial charge in [-0.05, 0) is 36.2 Å². The van der Waals surface area contributed by atoms with Crippen LogP contribution in [0.1, 0.15) is 24.7 Å². The zero-order valence-corrected chi connectivity index (χ0v) is 19.1. The maximum absolute atomic E-state index is 12.4. The van der Waals surface area contributed by atoms with E-state index in [4.69, 9.17) is 18.6 Å². The van der Waals surface area contributed by atoms with Crippen LogP contribution in [0.15, 0.2) is 34.1 Å². The number of ether oxygens (including phenoxy) is 3. The van der Waals surface area contributed by atoms with E-state index in [9.17, 15) is 9.59 Å². The van der Waals surface area contributed by atoms with Crippen molar-refractivity contribution in [3.05, 3.63) is 41.0 Å². The number of amides is 2. The van der Waals surface area contributed by atoms with Gasteiger partial charge in [0.1, 0.15) is 11.5 Å². The molecule has 0 unspecified atom stereocenters. The Morgan fingerprint density at radius 2 is 1.81 bits per heavy atom. The number of aromatic nitrogens is 1. The highest BCUT2D eigenvalue weighted by Crippen LogP contribution is 2.38. The Kier molecular flexibility index (Phi) is 7.72. The van der Waals surface area contributed by atoms with Crippen molar-refractivity contribution in [1.82, 2.24) is 10.3 Å². The van der Waals surface area contributed by atoms with Crippen LogP contribution in [0.5, 0.6) is 17.2 Å². The number of benzene rings is 1. The van der Waals surface area contributed by atoms with Crippen LogP contribution in [0.3, 0.4) is 0 Å². The molecule has 2 N–H and O–H groups in total. The first-order chi connectivity index (χ1) is 15.4. The number of thiazole rings is 1. The summed E-state index contributed by atoms with van der Waals surface area (Å²) in [5.74, 6) is 2.50. The second-order valence-corrected chi connectivity index (χ2v) is 7.65. The second-order valence-electron chi connectivity index (χ2n) is 6.80. The summed E-state index contributed by atoms with van der Waals surface area (Å²) in [6.07, 6.45) is 0.751. The lowest BCUT2D eigenvalue weighted by molar-refractivity contribution is -0.119. The maximum Gasteiger partial charge on any atom is 0.226 e. The fraction of sp³-hybridized carbons (Fsp3) is 0.318. The van der Waals surface area contributed by atoms with E-state index in [1.165, 1.54) is 18.3 Å². The highest BCUT2D eigenvalue weighted by atomic mass is 32.1. The van der Waals surface area contributed by atoms with Gasteiger partial charge >= 0.3 is 0 Å². The fourth-order valence-corrected chi connectivity index (χ4v) is 3.70. The van der Waals surface area contributed by atoms with E-state index >= 15 is 0 Å². The molecule has 32 heavy (non-hydrogen) atoms. The van der Waals surface area contributed by atoms with Gasteiger partial charge in [0.05, 0.1) is 27.9 Å². The summed E-state index contributed by atoms with van der Waals surface area (Å²) < 4.78 is 21.7. The summed E-state index contributed by atoms with van der Waals surface area (Å²) in [5, 5.41) is 7.77. The van der Waals surface area contributed by atoms with Crippen LogP contribution in [0, 0.1) is 0 Å². The zero-order valence-electron chi connectivity index (χ0n) is 18.3. The van der Waals surface area contributed by atoms with Crippen LogP contribution in [0.2, 0.25) is 0 Å². The van der Waals surface area contributed by atoms with Gasteiger partial charge in [-0.25, -0.2) is 4.98 Å². The van der Waals surface area contributed by atoms with Gasteiger partial charge in [0.15, 0.2) is 22.4 Å². The Bertz CT molecular complexity index is 1070. The van der Waals surface area contributed by atoms with Gasteiger partial charge in [-0.1, -0.05) is 0 Å². The Hall–Kier alpha value is -3.53. The van der Waals surface area contributed by atoms with Gasteiger partial charge in [0, 0.05) is 18.7 Å². The summed E-state index contributed by atoms with van der Waals surface area (Å²) in [5.41, 5.74) is 1.50. The van der Waals surface area contributed by atoms with Crippen molar-refractivity contribution < 1.29 is 28.2 Å². The predicted octanol–water partition coefficient (Wildman–Crippen LogP) is 3.64. The van der Waals surface area contributed by atoms with E-state index in [1.54, 1.807) is 38.8 Å². The number of hydrogen-bond donors (Lipinski definition) is 2. The molecule has 0 atom stereocenters. The van der Waals surface area contributed by atoms with Gasteiger partial charge in [0.2, 0.25) is 17.6 Å². The SMILES string of the molecule is COc1cc(CCC(=O)Nc2nc(-c3ccc(CNC(C)=O)o3)cs2)cc(OC)c1OC. The predicted molar refractivity (Wildman–Crippen MR) is 120 cm³/mol. The number of carbonyl (C=O) groups excluding carboxylic acids is 2. The highest BCUT2D eigenvalue weighted by molar-refractivity contribution is 7.14. The molecule has 0 fully saturated rings. The highest BCUT2D eigenvalue weighted by Gasteiger charge is 2.15. The Morgan fingerprint density at radius 1 is 1.09 bits per heavy atom. The minimum absolute atomic E-state index is 0.131. The van der Waals surface area contributed by atoms with Gasteiger partial charge < -0.3 is 29.3 Å². The lowest BCUT2D eigenvalue weighted by Gasteiger charge is -2.14. The molecule has 2 heterocycles. The number of anilines is 1. The van der Waals surface area contributed by atoms with Crippen LogP contribution in [-0.4, -0.2) is 38.1 Å². The summed E-state index contributed by atoms with van der Waals surface area (Å²) in [6, 6.07) is 7.21. The number of hydrogen-bond acceptors (Lipinski definition) is 8. The van der Waals surface area contributed by atoms with Crippen LogP contribution in [0.4, 0.5) is 5.13 Å². The number of rotatable bonds is 10. The molecule has 10 heteroatoms. The number of aryl methyl sites for hydroxylation is 1. The van der Waals surface area contributed by atoms with Crippen molar-refractivity contribution in [3.63, 3.8) is 0 Å². The topological polar surface area (TPSA) is 112 Å². The first-order valence-electron chi connectivity index (χ1n) is 9.81. The van der Waals surface area contributed by atoms with Crippen molar-refractivity contribution >= 4 is 28.3 Å². The fourth-order valence-electron chi connectivity index (χ4n) is 2.99. The maximum atomic E-state index is 12.4. The van der Waals surface area contributed by atoms with Crippen LogP contribution < -0.4 is 24.8 Å². The minimum atomic E-state index is -0.162. The molecule has 1 aromatic carbocycles. The van der Waals surface area contributed by atoms with E-state index in [0.717, 1.165) is 5.56 Å². The molecule has 3 rings (SSSR count). The van der Waals surface area contributed by atoms with Gasteiger partial charge in [-0.3, -0.25) is 9.59 Å². The molecule has 3 aromatic rings. The van der Waals surface area contributed by atoms with E-state index in [2.05, 4.69) is 15.6 Å². The molecular weight excluding hydrogens is 434 g/mol. The molecule has 0 saturated carbocycles. The molecule has 2 amide bonds. The molecule has 170 valence electrons. The molecule has 0 aliphatic rings. The lowest BCUT2D eigenvalue weighted by Crippen LogP contribution is -2.18. The van der Waals surface area contributed by atoms with Crippen molar-refractivity contribution in [1.29, 1.82) is 0 Å². The molecule has 0 bridgehead atoms. The van der Waals surface area contributed by atoms with Crippen LogP contribution in [0.25, 0.3) is 11.5 Å². The number of nitrogens with one attached hydrogen (secondary N) is 2. The molecule has 9 nitrogen and oxygen atoms in total. The summed E-state index contributed by atoms with van der Waals surface area (Å²) in [7, 11) is 4.65. The summed E-state index contributed by atoms with van der Waals surface area (Å²) in [6.45, 7) is 1.75. The third kappa shape index (κ3) is 5.79.